The van der Waals surface area contributed by atoms with E-state index in [0.29, 0.717) is 34.8 Å². The number of rotatable bonds is 5. The molecule has 1 aliphatic carbocycles. The van der Waals surface area contributed by atoms with E-state index < -0.39 is 0 Å². The second-order valence-corrected chi connectivity index (χ2v) is 9.32. The molecule has 2 aromatic rings. The first-order chi connectivity index (χ1) is 14.1. The lowest BCUT2D eigenvalue weighted by molar-refractivity contribution is -0.133. The normalized spacial score (nSPS) is 18.1. The maximum atomic E-state index is 12.5. The minimum atomic E-state index is -0.0455. The summed E-state index contributed by atoms with van der Waals surface area (Å²) < 4.78 is 5.57. The van der Waals surface area contributed by atoms with Gasteiger partial charge in [0, 0.05) is 37.1 Å². The van der Waals surface area contributed by atoms with Crippen LogP contribution >= 0.6 is 34.5 Å². The summed E-state index contributed by atoms with van der Waals surface area (Å²) in [5, 5.41) is 12.0. The zero-order chi connectivity index (χ0) is 20.2. The van der Waals surface area contributed by atoms with Gasteiger partial charge in [-0.25, -0.2) is 0 Å². The molecule has 0 N–H and O–H groups in total. The molecule has 0 radical (unpaired) electrons. The monoisotopic (exact) mass is 454 g/mol. The average Bonchev–Trinajstić information content (AvgIpc) is 3.24. The van der Waals surface area contributed by atoms with E-state index in [1.54, 1.807) is 29.5 Å². The van der Waals surface area contributed by atoms with Crippen molar-refractivity contribution >= 4 is 45.6 Å². The number of amides is 1. The number of nitrogens with zero attached hydrogens (tertiary/aromatic N) is 4. The molecule has 2 heterocycles. The predicted molar refractivity (Wildman–Crippen MR) is 116 cm³/mol. The van der Waals surface area contributed by atoms with Gasteiger partial charge in [-0.3, -0.25) is 4.79 Å². The number of hydrogen-bond acceptors (Lipinski definition) is 6. The smallest absolute Gasteiger partial charge is 0.260 e. The van der Waals surface area contributed by atoms with Crippen LogP contribution in [0.3, 0.4) is 0 Å². The first-order valence-corrected chi connectivity index (χ1v) is 11.6. The van der Waals surface area contributed by atoms with Crippen molar-refractivity contribution in [1.82, 2.24) is 15.1 Å². The summed E-state index contributed by atoms with van der Waals surface area (Å²) in [6, 6.07) is 4.97. The second-order valence-electron chi connectivity index (χ2n) is 7.49. The number of anilines is 1. The van der Waals surface area contributed by atoms with E-state index in [-0.39, 0.29) is 12.5 Å². The van der Waals surface area contributed by atoms with Gasteiger partial charge in [0.25, 0.3) is 5.91 Å². The lowest BCUT2D eigenvalue weighted by atomic mass is 9.90. The van der Waals surface area contributed by atoms with E-state index in [1.807, 2.05) is 4.90 Å². The van der Waals surface area contributed by atoms with Gasteiger partial charge in [0.2, 0.25) is 5.13 Å². The number of ether oxygens (including phenoxy) is 1. The van der Waals surface area contributed by atoms with Crippen molar-refractivity contribution in [1.29, 1.82) is 0 Å². The van der Waals surface area contributed by atoms with E-state index in [0.717, 1.165) is 18.2 Å². The largest absolute Gasteiger partial charge is 0.482 e. The fourth-order valence-corrected chi connectivity index (χ4v) is 5.37. The number of carbonyl (C=O) groups excluding carboxylic acids is 1. The molecule has 1 aromatic carbocycles. The third kappa shape index (κ3) is 5.13. The van der Waals surface area contributed by atoms with Crippen LogP contribution < -0.4 is 9.64 Å². The van der Waals surface area contributed by atoms with Crippen LogP contribution in [-0.4, -0.2) is 53.8 Å². The molecule has 1 aliphatic heterocycles. The lowest BCUT2D eigenvalue weighted by Gasteiger charge is -2.34. The molecule has 2 fully saturated rings. The fraction of sp³-hybridized carbons (Fsp3) is 0.550. The Bertz CT molecular complexity index is 849. The molecule has 156 valence electrons. The number of hydrogen-bond donors (Lipinski definition) is 0. The van der Waals surface area contributed by atoms with Crippen LogP contribution in [0.25, 0.3) is 0 Å². The fourth-order valence-electron chi connectivity index (χ4n) is 3.84. The van der Waals surface area contributed by atoms with Crippen molar-refractivity contribution in [2.45, 2.75) is 38.0 Å². The zero-order valence-corrected chi connectivity index (χ0v) is 18.5. The van der Waals surface area contributed by atoms with Gasteiger partial charge >= 0.3 is 0 Å². The molecule has 29 heavy (non-hydrogen) atoms. The Balaban J connectivity index is 1.26. The number of aromatic nitrogens is 2. The number of halogens is 2. The summed E-state index contributed by atoms with van der Waals surface area (Å²) in [4.78, 5) is 16.5. The first kappa shape index (κ1) is 20.7. The molecule has 2 aliphatic rings. The summed E-state index contributed by atoms with van der Waals surface area (Å²) in [7, 11) is 0. The molecular weight excluding hydrogens is 431 g/mol. The van der Waals surface area contributed by atoms with E-state index in [4.69, 9.17) is 27.9 Å². The second kappa shape index (κ2) is 9.49. The molecule has 0 atom stereocenters. The Kier molecular flexibility index (Phi) is 6.77. The van der Waals surface area contributed by atoms with Gasteiger partial charge in [0.1, 0.15) is 10.8 Å². The lowest BCUT2D eigenvalue weighted by Crippen LogP contribution is -2.50. The SMILES string of the molecule is O=C(COc1ccc(Cl)cc1Cl)N1CCN(c2nnc(C3CCCCC3)s2)CC1. The molecule has 0 unspecified atom stereocenters. The molecule has 9 heteroatoms. The van der Waals surface area contributed by atoms with Crippen molar-refractivity contribution in [3.8, 4) is 5.75 Å². The Labute approximate surface area is 184 Å². The summed E-state index contributed by atoms with van der Waals surface area (Å²) in [5.41, 5.74) is 0. The summed E-state index contributed by atoms with van der Waals surface area (Å²) in [5.74, 6) is 0.998. The molecule has 1 saturated carbocycles. The van der Waals surface area contributed by atoms with E-state index in [2.05, 4.69) is 15.1 Å². The highest BCUT2D eigenvalue weighted by molar-refractivity contribution is 7.15. The van der Waals surface area contributed by atoms with Crippen LogP contribution in [0.2, 0.25) is 10.0 Å². The predicted octanol–water partition coefficient (Wildman–Crippen LogP) is 4.62. The van der Waals surface area contributed by atoms with Crippen LogP contribution in [0.5, 0.6) is 5.75 Å². The van der Waals surface area contributed by atoms with Gasteiger partial charge in [0.05, 0.1) is 5.02 Å². The van der Waals surface area contributed by atoms with Crippen molar-refractivity contribution in [2.24, 2.45) is 0 Å². The molecule has 6 nitrogen and oxygen atoms in total. The third-order valence-corrected chi connectivity index (χ3v) is 7.21. The van der Waals surface area contributed by atoms with Crippen LogP contribution in [-0.2, 0) is 4.79 Å². The highest BCUT2D eigenvalue weighted by Crippen LogP contribution is 2.36. The Morgan fingerprint density at radius 2 is 1.86 bits per heavy atom. The summed E-state index contributed by atoms with van der Waals surface area (Å²) in [6.07, 6.45) is 6.39. The van der Waals surface area contributed by atoms with Crippen molar-refractivity contribution < 1.29 is 9.53 Å². The Hall–Kier alpha value is -1.57. The van der Waals surface area contributed by atoms with Crippen LogP contribution in [0.1, 0.15) is 43.0 Å². The van der Waals surface area contributed by atoms with E-state index >= 15 is 0 Å². The molecule has 1 saturated heterocycles. The molecular formula is C20H24Cl2N4O2S. The zero-order valence-electron chi connectivity index (χ0n) is 16.1. The maximum Gasteiger partial charge on any atom is 0.260 e. The van der Waals surface area contributed by atoms with Crippen molar-refractivity contribution in [3.05, 3.63) is 33.3 Å². The summed E-state index contributed by atoms with van der Waals surface area (Å²) in [6.45, 7) is 2.77. The first-order valence-electron chi connectivity index (χ1n) is 10.0. The average molecular weight is 455 g/mol. The number of benzene rings is 1. The van der Waals surface area contributed by atoms with Crippen molar-refractivity contribution in [2.75, 3.05) is 37.7 Å². The van der Waals surface area contributed by atoms with Crippen molar-refractivity contribution in [3.63, 3.8) is 0 Å². The summed E-state index contributed by atoms with van der Waals surface area (Å²) >= 11 is 13.7. The van der Waals surface area contributed by atoms with Gasteiger partial charge in [-0.1, -0.05) is 53.8 Å². The molecule has 1 amide bonds. The molecule has 0 spiro atoms. The van der Waals surface area contributed by atoms with E-state index in [1.165, 1.54) is 37.1 Å². The van der Waals surface area contributed by atoms with Gasteiger partial charge in [-0.15, -0.1) is 10.2 Å². The topological polar surface area (TPSA) is 58.6 Å². The standard InChI is InChI=1S/C20H24Cl2N4O2S/c21-15-6-7-17(16(22)12-15)28-13-18(27)25-8-10-26(11-9-25)20-24-23-19(29-20)14-4-2-1-3-5-14/h6-7,12,14H,1-5,8-11,13H2. The maximum absolute atomic E-state index is 12.5. The van der Waals surface area contributed by atoms with Gasteiger partial charge in [0.15, 0.2) is 6.61 Å². The van der Waals surface area contributed by atoms with Crippen LogP contribution in [0, 0.1) is 0 Å². The highest BCUT2D eigenvalue weighted by Gasteiger charge is 2.25. The Morgan fingerprint density at radius 3 is 2.59 bits per heavy atom. The minimum Gasteiger partial charge on any atom is -0.482 e. The van der Waals surface area contributed by atoms with E-state index in [9.17, 15) is 4.79 Å². The molecule has 0 bridgehead atoms. The number of carbonyl (C=O) groups is 1. The quantitative estimate of drug-likeness (QED) is 0.659. The van der Waals surface area contributed by atoms with Crippen LogP contribution in [0.15, 0.2) is 18.2 Å². The third-order valence-electron chi connectivity index (χ3n) is 5.53. The highest BCUT2D eigenvalue weighted by atomic mass is 35.5. The number of piperazine rings is 1. The Morgan fingerprint density at radius 1 is 1.10 bits per heavy atom. The van der Waals surface area contributed by atoms with Gasteiger partial charge < -0.3 is 14.5 Å². The van der Waals surface area contributed by atoms with Gasteiger partial charge in [-0.05, 0) is 31.0 Å². The van der Waals surface area contributed by atoms with Gasteiger partial charge in [-0.2, -0.15) is 0 Å². The van der Waals surface area contributed by atoms with Crippen LogP contribution in [0.4, 0.5) is 5.13 Å². The molecule has 4 rings (SSSR count). The molecule has 1 aromatic heterocycles. The minimum absolute atomic E-state index is 0.0357.